The van der Waals surface area contributed by atoms with Crippen LogP contribution in [0.5, 0.6) is 0 Å². The summed E-state index contributed by atoms with van der Waals surface area (Å²) < 4.78 is 0. The molecular formula is C13H23N5. The van der Waals surface area contributed by atoms with E-state index in [1.807, 2.05) is 14.0 Å². The van der Waals surface area contributed by atoms with Gasteiger partial charge in [0.05, 0.1) is 0 Å². The average Bonchev–Trinajstić information content (AvgIpc) is 2.49. The summed E-state index contributed by atoms with van der Waals surface area (Å²) in [6.45, 7) is 7.58. The molecule has 1 atom stereocenters. The minimum atomic E-state index is 0.483. The molecule has 1 aliphatic rings. The minimum absolute atomic E-state index is 0.483. The summed E-state index contributed by atoms with van der Waals surface area (Å²) in [6.07, 6.45) is 1.18. The van der Waals surface area contributed by atoms with E-state index in [9.17, 15) is 0 Å². The van der Waals surface area contributed by atoms with Crippen molar-refractivity contribution in [3.05, 3.63) is 11.8 Å². The lowest BCUT2D eigenvalue weighted by Gasteiger charge is -2.29. The molecule has 1 aliphatic heterocycles. The summed E-state index contributed by atoms with van der Waals surface area (Å²) in [4.78, 5) is 13.7. The SMILES string of the molecule is CNc1nc(C)cc(N2CCCN(C)CC2C)n1. The molecule has 1 unspecified atom stereocenters. The Morgan fingerprint density at radius 2 is 2.11 bits per heavy atom. The number of nitrogens with one attached hydrogen (secondary N) is 1. The van der Waals surface area contributed by atoms with Crippen LogP contribution < -0.4 is 10.2 Å². The Morgan fingerprint density at radius 3 is 2.83 bits per heavy atom. The zero-order valence-corrected chi connectivity index (χ0v) is 11.8. The van der Waals surface area contributed by atoms with Crippen LogP contribution in [0.25, 0.3) is 0 Å². The smallest absolute Gasteiger partial charge is 0.224 e. The fraction of sp³-hybridized carbons (Fsp3) is 0.692. The second-order valence-electron chi connectivity index (χ2n) is 5.10. The monoisotopic (exact) mass is 249 g/mol. The number of aromatic nitrogens is 2. The molecule has 1 saturated heterocycles. The third kappa shape index (κ3) is 2.90. The van der Waals surface area contributed by atoms with Gasteiger partial charge in [-0.25, -0.2) is 4.98 Å². The Kier molecular flexibility index (Phi) is 4.01. The molecule has 1 aromatic rings. The van der Waals surface area contributed by atoms with Crippen molar-refractivity contribution in [1.82, 2.24) is 14.9 Å². The van der Waals surface area contributed by atoms with Crippen molar-refractivity contribution in [2.24, 2.45) is 0 Å². The molecular weight excluding hydrogens is 226 g/mol. The lowest BCUT2D eigenvalue weighted by atomic mass is 10.2. The molecule has 0 aliphatic carbocycles. The molecule has 0 bridgehead atoms. The summed E-state index contributed by atoms with van der Waals surface area (Å²) in [5, 5.41) is 3.03. The van der Waals surface area contributed by atoms with Gasteiger partial charge in [0.15, 0.2) is 0 Å². The Balaban J connectivity index is 2.26. The van der Waals surface area contributed by atoms with E-state index in [0.29, 0.717) is 12.0 Å². The van der Waals surface area contributed by atoms with Crippen LogP contribution in [0.15, 0.2) is 6.07 Å². The second-order valence-corrected chi connectivity index (χ2v) is 5.10. The molecule has 0 spiro atoms. The van der Waals surface area contributed by atoms with Crippen LogP contribution in [0.3, 0.4) is 0 Å². The van der Waals surface area contributed by atoms with Gasteiger partial charge in [0.1, 0.15) is 5.82 Å². The van der Waals surface area contributed by atoms with E-state index in [0.717, 1.165) is 31.1 Å². The molecule has 0 aromatic carbocycles. The largest absolute Gasteiger partial charge is 0.357 e. The molecule has 100 valence electrons. The zero-order valence-electron chi connectivity index (χ0n) is 11.8. The Hall–Kier alpha value is -1.36. The number of hydrogen-bond donors (Lipinski definition) is 1. The second kappa shape index (κ2) is 5.52. The number of hydrogen-bond acceptors (Lipinski definition) is 5. The predicted molar refractivity (Wildman–Crippen MR) is 75.2 cm³/mol. The van der Waals surface area contributed by atoms with Gasteiger partial charge in [-0.15, -0.1) is 0 Å². The lowest BCUT2D eigenvalue weighted by Crippen LogP contribution is -2.38. The van der Waals surface area contributed by atoms with Crippen LogP contribution in [0.4, 0.5) is 11.8 Å². The molecule has 5 heteroatoms. The predicted octanol–water partition coefficient (Wildman–Crippen LogP) is 1.36. The molecule has 2 heterocycles. The molecule has 0 saturated carbocycles. The van der Waals surface area contributed by atoms with E-state index < -0.39 is 0 Å². The maximum Gasteiger partial charge on any atom is 0.224 e. The Morgan fingerprint density at radius 1 is 1.33 bits per heavy atom. The van der Waals surface area contributed by atoms with Crippen molar-refractivity contribution in [3.63, 3.8) is 0 Å². The molecule has 0 amide bonds. The van der Waals surface area contributed by atoms with Crippen molar-refractivity contribution in [2.45, 2.75) is 26.3 Å². The van der Waals surface area contributed by atoms with Gasteiger partial charge >= 0.3 is 0 Å². The molecule has 1 N–H and O–H groups in total. The first kappa shape index (κ1) is 13.1. The average molecular weight is 249 g/mol. The Bertz CT molecular complexity index is 406. The Labute approximate surface area is 109 Å². The minimum Gasteiger partial charge on any atom is -0.357 e. The van der Waals surface area contributed by atoms with Crippen LogP contribution in [0.2, 0.25) is 0 Å². The quantitative estimate of drug-likeness (QED) is 0.857. The summed E-state index contributed by atoms with van der Waals surface area (Å²) in [5.74, 6) is 1.74. The molecule has 0 radical (unpaired) electrons. The van der Waals surface area contributed by atoms with E-state index in [1.165, 1.54) is 6.42 Å². The molecule has 1 aromatic heterocycles. The lowest BCUT2D eigenvalue weighted by molar-refractivity contribution is 0.337. The van der Waals surface area contributed by atoms with E-state index in [4.69, 9.17) is 0 Å². The standard InChI is InChI=1S/C13H23N5/c1-10-8-12(16-13(14-3)15-10)18-7-5-6-17(4)9-11(18)2/h8,11H,5-7,9H2,1-4H3,(H,14,15,16). The van der Waals surface area contributed by atoms with Gasteiger partial charge in [0.2, 0.25) is 5.95 Å². The first-order chi connectivity index (χ1) is 8.60. The number of likely N-dealkylation sites (N-methyl/N-ethyl adjacent to an activating group) is 1. The van der Waals surface area contributed by atoms with Gasteiger partial charge in [-0.1, -0.05) is 0 Å². The van der Waals surface area contributed by atoms with Crippen molar-refractivity contribution >= 4 is 11.8 Å². The van der Waals surface area contributed by atoms with Gasteiger partial charge in [0, 0.05) is 37.9 Å². The van der Waals surface area contributed by atoms with Gasteiger partial charge in [-0.3, -0.25) is 0 Å². The first-order valence-corrected chi connectivity index (χ1v) is 6.59. The normalized spacial score (nSPS) is 21.8. The van der Waals surface area contributed by atoms with Crippen LogP contribution in [-0.4, -0.2) is 54.6 Å². The highest BCUT2D eigenvalue weighted by Crippen LogP contribution is 2.20. The van der Waals surface area contributed by atoms with Crippen LogP contribution in [0, 0.1) is 6.92 Å². The van der Waals surface area contributed by atoms with Crippen molar-refractivity contribution < 1.29 is 0 Å². The highest BCUT2D eigenvalue weighted by molar-refractivity contribution is 5.45. The number of aryl methyl sites for hydroxylation is 1. The first-order valence-electron chi connectivity index (χ1n) is 6.59. The topological polar surface area (TPSA) is 44.3 Å². The van der Waals surface area contributed by atoms with Gasteiger partial charge in [-0.05, 0) is 33.9 Å². The van der Waals surface area contributed by atoms with Crippen LogP contribution in [0.1, 0.15) is 19.0 Å². The van der Waals surface area contributed by atoms with E-state index in [-0.39, 0.29) is 0 Å². The fourth-order valence-corrected chi connectivity index (χ4v) is 2.52. The maximum absolute atomic E-state index is 4.58. The van der Waals surface area contributed by atoms with Gasteiger partial charge in [0.25, 0.3) is 0 Å². The zero-order chi connectivity index (χ0) is 13.1. The molecule has 18 heavy (non-hydrogen) atoms. The highest BCUT2D eigenvalue weighted by atomic mass is 15.3. The number of rotatable bonds is 2. The molecule has 2 rings (SSSR count). The third-order valence-electron chi connectivity index (χ3n) is 3.41. The van der Waals surface area contributed by atoms with Gasteiger partial charge in [-0.2, -0.15) is 4.98 Å². The summed E-state index contributed by atoms with van der Waals surface area (Å²) >= 11 is 0. The van der Waals surface area contributed by atoms with E-state index in [2.05, 4.69) is 45.1 Å². The number of anilines is 2. The van der Waals surface area contributed by atoms with E-state index in [1.54, 1.807) is 0 Å². The highest BCUT2D eigenvalue weighted by Gasteiger charge is 2.21. The third-order valence-corrected chi connectivity index (χ3v) is 3.41. The van der Waals surface area contributed by atoms with Crippen molar-refractivity contribution in [3.8, 4) is 0 Å². The summed E-state index contributed by atoms with van der Waals surface area (Å²) in [5.41, 5.74) is 1.01. The maximum atomic E-state index is 4.58. The van der Waals surface area contributed by atoms with E-state index >= 15 is 0 Å². The summed E-state index contributed by atoms with van der Waals surface area (Å²) in [7, 11) is 4.04. The van der Waals surface area contributed by atoms with Crippen molar-refractivity contribution in [2.75, 3.05) is 43.9 Å². The fourth-order valence-electron chi connectivity index (χ4n) is 2.52. The number of nitrogens with zero attached hydrogens (tertiary/aromatic N) is 4. The van der Waals surface area contributed by atoms with Gasteiger partial charge < -0.3 is 15.1 Å². The summed E-state index contributed by atoms with van der Waals surface area (Å²) in [6, 6.07) is 2.55. The molecule has 5 nitrogen and oxygen atoms in total. The van der Waals surface area contributed by atoms with Crippen LogP contribution >= 0.6 is 0 Å². The van der Waals surface area contributed by atoms with Crippen molar-refractivity contribution in [1.29, 1.82) is 0 Å². The van der Waals surface area contributed by atoms with Crippen LogP contribution in [-0.2, 0) is 0 Å². The molecule has 1 fully saturated rings.